The van der Waals surface area contributed by atoms with Crippen molar-refractivity contribution in [1.82, 2.24) is 15.1 Å². The quantitative estimate of drug-likeness (QED) is 0.861. The molecule has 3 rings (SSSR count). The first-order valence-corrected chi connectivity index (χ1v) is 9.46. The van der Waals surface area contributed by atoms with Gasteiger partial charge in [0.2, 0.25) is 11.8 Å². The summed E-state index contributed by atoms with van der Waals surface area (Å²) in [5.74, 6) is 0.0766. The molecule has 2 atom stereocenters. The largest absolute Gasteiger partial charge is 0.352 e. The molecule has 0 aromatic heterocycles. The van der Waals surface area contributed by atoms with Crippen LogP contribution in [0.2, 0.25) is 0 Å². The Hall–Kier alpha value is -1.88. The Balaban J connectivity index is 1.47. The van der Waals surface area contributed by atoms with Crippen LogP contribution in [0.15, 0.2) is 30.3 Å². The molecule has 0 radical (unpaired) electrons. The molecule has 2 heterocycles. The fourth-order valence-electron chi connectivity index (χ4n) is 4.08. The van der Waals surface area contributed by atoms with Crippen molar-refractivity contribution in [3.05, 3.63) is 35.9 Å². The Morgan fingerprint density at radius 2 is 1.96 bits per heavy atom. The zero-order chi connectivity index (χ0) is 17.6. The van der Waals surface area contributed by atoms with E-state index in [0.717, 1.165) is 18.5 Å². The number of amides is 2. The zero-order valence-electron chi connectivity index (χ0n) is 15.1. The van der Waals surface area contributed by atoms with E-state index in [1.54, 1.807) is 11.8 Å². The van der Waals surface area contributed by atoms with Crippen LogP contribution in [0.3, 0.4) is 0 Å². The minimum absolute atomic E-state index is 0.0102. The van der Waals surface area contributed by atoms with E-state index in [4.69, 9.17) is 0 Å². The third-order valence-corrected chi connectivity index (χ3v) is 5.47. The molecule has 1 N–H and O–H groups in total. The van der Waals surface area contributed by atoms with Gasteiger partial charge in [-0.25, -0.2) is 0 Å². The first kappa shape index (κ1) is 17.9. The lowest BCUT2D eigenvalue weighted by Gasteiger charge is -2.32. The topological polar surface area (TPSA) is 52.7 Å². The van der Waals surface area contributed by atoms with Crippen LogP contribution in [-0.4, -0.2) is 53.3 Å². The highest BCUT2D eigenvalue weighted by molar-refractivity contribution is 5.78. The Kier molecular flexibility index (Phi) is 6.08. The van der Waals surface area contributed by atoms with E-state index in [0.29, 0.717) is 25.6 Å². The van der Waals surface area contributed by atoms with Gasteiger partial charge >= 0.3 is 0 Å². The second kappa shape index (κ2) is 8.48. The molecule has 2 saturated heterocycles. The molecule has 1 aromatic carbocycles. The monoisotopic (exact) mass is 343 g/mol. The zero-order valence-corrected chi connectivity index (χ0v) is 15.1. The summed E-state index contributed by atoms with van der Waals surface area (Å²) in [4.78, 5) is 28.5. The SMILES string of the molecule is CC(=O)N(CCC(=O)N[C@H]1CCN2CCCC[C@H]12)Cc1ccccc1. The normalized spacial score (nSPS) is 23.1. The highest BCUT2D eigenvalue weighted by Crippen LogP contribution is 2.27. The highest BCUT2D eigenvalue weighted by Gasteiger charge is 2.36. The number of piperidine rings is 1. The predicted molar refractivity (Wildman–Crippen MR) is 97.9 cm³/mol. The second-order valence-electron chi connectivity index (χ2n) is 7.24. The average Bonchev–Trinajstić information content (AvgIpc) is 3.02. The Morgan fingerprint density at radius 1 is 1.16 bits per heavy atom. The molecular formula is C20H29N3O2. The molecule has 0 spiro atoms. The third kappa shape index (κ3) is 4.82. The maximum Gasteiger partial charge on any atom is 0.222 e. The Bertz CT molecular complexity index is 590. The lowest BCUT2D eigenvalue weighted by Crippen LogP contribution is -2.47. The van der Waals surface area contributed by atoms with E-state index >= 15 is 0 Å². The van der Waals surface area contributed by atoms with Crippen molar-refractivity contribution in [3.8, 4) is 0 Å². The molecule has 2 aliphatic heterocycles. The lowest BCUT2D eigenvalue weighted by atomic mass is 9.99. The van der Waals surface area contributed by atoms with E-state index in [9.17, 15) is 9.59 Å². The van der Waals surface area contributed by atoms with Crippen LogP contribution in [0.5, 0.6) is 0 Å². The number of carbonyl (C=O) groups is 2. The van der Waals surface area contributed by atoms with Gasteiger partial charge in [0.1, 0.15) is 0 Å². The van der Waals surface area contributed by atoms with Crippen molar-refractivity contribution >= 4 is 11.8 Å². The molecule has 2 amide bonds. The van der Waals surface area contributed by atoms with Gasteiger partial charge in [0.15, 0.2) is 0 Å². The summed E-state index contributed by atoms with van der Waals surface area (Å²) in [5, 5.41) is 3.22. The van der Waals surface area contributed by atoms with Gasteiger partial charge < -0.3 is 10.2 Å². The molecule has 5 nitrogen and oxygen atoms in total. The van der Waals surface area contributed by atoms with E-state index in [2.05, 4.69) is 10.2 Å². The summed E-state index contributed by atoms with van der Waals surface area (Å²) in [6.45, 7) is 4.87. The molecule has 0 saturated carbocycles. The summed E-state index contributed by atoms with van der Waals surface area (Å²) in [5.41, 5.74) is 1.09. The van der Waals surface area contributed by atoms with Gasteiger partial charge in [-0.3, -0.25) is 14.5 Å². The summed E-state index contributed by atoms with van der Waals surface area (Å²) in [6, 6.07) is 10.7. The first-order valence-electron chi connectivity index (χ1n) is 9.46. The number of fused-ring (bicyclic) bond motifs is 1. The van der Waals surface area contributed by atoms with Crippen LogP contribution >= 0.6 is 0 Å². The van der Waals surface area contributed by atoms with E-state index < -0.39 is 0 Å². The Labute approximate surface area is 150 Å². The minimum atomic E-state index is 0.0102. The lowest BCUT2D eigenvalue weighted by molar-refractivity contribution is -0.130. The maximum absolute atomic E-state index is 12.4. The van der Waals surface area contributed by atoms with Gasteiger partial charge in [0.05, 0.1) is 0 Å². The average molecular weight is 343 g/mol. The fraction of sp³-hybridized carbons (Fsp3) is 0.600. The molecule has 0 unspecified atom stereocenters. The fourth-order valence-corrected chi connectivity index (χ4v) is 4.08. The third-order valence-electron chi connectivity index (χ3n) is 5.47. The van der Waals surface area contributed by atoms with Gasteiger partial charge in [-0.2, -0.15) is 0 Å². The maximum atomic E-state index is 12.4. The number of nitrogens with one attached hydrogen (secondary N) is 1. The van der Waals surface area contributed by atoms with Crippen LogP contribution in [0.4, 0.5) is 0 Å². The molecule has 0 aliphatic carbocycles. The van der Waals surface area contributed by atoms with E-state index in [1.165, 1.54) is 25.8 Å². The van der Waals surface area contributed by atoms with E-state index in [1.807, 2.05) is 30.3 Å². The van der Waals surface area contributed by atoms with Crippen molar-refractivity contribution < 1.29 is 9.59 Å². The Morgan fingerprint density at radius 3 is 2.72 bits per heavy atom. The van der Waals surface area contributed by atoms with Gasteiger partial charge in [-0.1, -0.05) is 36.8 Å². The molecule has 2 fully saturated rings. The highest BCUT2D eigenvalue weighted by atomic mass is 16.2. The standard InChI is InChI=1S/C20H29N3O2/c1-16(24)23(15-17-7-3-2-4-8-17)14-11-20(25)21-18-10-13-22-12-6-5-9-19(18)22/h2-4,7-8,18-19H,5-6,9-15H2,1H3,(H,21,25)/t18-,19+/m0/s1. The second-order valence-corrected chi connectivity index (χ2v) is 7.24. The molecule has 1 aromatic rings. The number of hydrogen-bond donors (Lipinski definition) is 1. The predicted octanol–water partition coefficient (Wildman–Crippen LogP) is 2.17. The van der Waals surface area contributed by atoms with Gasteiger partial charge in [0, 0.05) is 45.1 Å². The molecular weight excluding hydrogens is 314 g/mol. The van der Waals surface area contributed by atoms with Crippen LogP contribution < -0.4 is 5.32 Å². The molecule has 5 heteroatoms. The van der Waals surface area contributed by atoms with Crippen LogP contribution in [0.1, 0.15) is 44.6 Å². The number of benzene rings is 1. The molecule has 0 bridgehead atoms. The van der Waals surface area contributed by atoms with Crippen molar-refractivity contribution in [3.63, 3.8) is 0 Å². The first-order chi connectivity index (χ1) is 12.1. The smallest absolute Gasteiger partial charge is 0.222 e. The molecule has 2 aliphatic rings. The van der Waals surface area contributed by atoms with Crippen molar-refractivity contribution in [2.24, 2.45) is 0 Å². The number of carbonyl (C=O) groups excluding carboxylic acids is 2. The van der Waals surface area contributed by atoms with Crippen molar-refractivity contribution in [2.45, 2.75) is 57.7 Å². The molecule has 136 valence electrons. The number of hydrogen-bond acceptors (Lipinski definition) is 3. The van der Waals surface area contributed by atoms with Gasteiger partial charge in [-0.05, 0) is 31.4 Å². The van der Waals surface area contributed by atoms with Crippen LogP contribution in [0, 0.1) is 0 Å². The summed E-state index contributed by atoms with van der Waals surface area (Å²) < 4.78 is 0. The summed E-state index contributed by atoms with van der Waals surface area (Å²) in [6.07, 6.45) is 5.16. The molecule has 25 heavy (non-hydrogen) atoms. The van der Waals surface area contributed by atoms with Gasteiger partial charge in [-0.15, -0.1) is 0 Å². The van der Waals surface area contributed by atoms with Crippen molar-refractivity contribution in [1.29, 1.82) is 0 Å². The van der Waals surface area contributed by atoms with E-state index in [-0.39, 0.29) is 17.9 Å². The summed E-state index contributed by atoms with van der Waals surface area (Å²) >= 11 is 0. The minimum Gasteiger partial charge on any atom is -0.352 e. The number of rotatable bonds is 6. The van der Waals surface area contributed by atoms with Gasteiger partial charge in [0.25, 0.3) is 0 Å². The van der Waals surface area contributed by atoms with Crippen molar-refractivity contribution in [2.75, 3.05) is 19.6 Å². The van der Waals surface area contributed by atoms with Crippen LogP contribution in [-0.2, 0) is 16.1 Å². The summed E-state index contributed by atoms with van der Waals surface area (Å²) in [7, 11) is 0. The number of nitrogens with zero attached hydrogens (tertiary/aromatic N) is 2. The van der Waals surface area contributed by atoms with Crippen LogP contribution in [0.25, 0.3) is 0 Å².